The second-order valence-corrected chi connectivity index (χ2v) is 4.79. The first-order valence-electron chi connectivity index (χ1n) is 5.89. The van der Waals surface area contributed by atoms with Gasteiger partial charge in [-0.25, -0.2) is 0 Å². The zero-order valence-corrected chi connectivity index (χ0v) is 11.7. The highest BCUT2D eigenvalue weighted by Crippen LogP contribution is 2.39. The van der Waals surface area contributed by atoms with Crippen molar-refractivity contribution < 1.29 is 19.3 Å². The minimum Gasteiger partial charge on any atom is -0.507 e. The summed E-state index contributed by atoms with van der Waals surface area (Å²) >= 11 is 0. The van der Waals surface area contributed by atoms with E-state index in [1.165, 1.54) is 0 Å². The molecule has 0 saturated carbocycles. The normalized spacial score (nSPS) is 13.4. The summed E-state index contributed by atoms with van der Waals surface area (Å²) in [5, 5.41) is 9.99. The second kappa shape index (κ2) is 6.07. The number of benzene rings is 1. The predicted octanol–water partition coefficient (Wildman–Crippen LogP) is 2.90. The van der Waals surface area contributed by atoms with Gasteiger partial charge in [-0.1, -0.05) is 6.07 Å². The van der Waals surface area contributed by atoms with Gasteiger partial charge in [0.2, 0.25) is 0 Å². The van der Waals surface area contributed by atoms with Crippen LogP contribution in [0.4, 0.5) is 0 Å². The van der Waals surface area contributed by atoms with Gasteiger partial charge in [0, 0.05) is 20.6 Å². The van der Waals surface area contributed by atoms with E-state index in [1.54, 1.807) is 39.5 Å². The smallest absolute Gasteiger partial charge is 0.128 e. The number of hydrogen-bond acceptors (Lipinski definition) is 4. The topological polar surface area (TPSA) is 47.9 Å². The van der Waals surface area contributed by atoms with Crippen molar-refractivity contribution in [1.29, 1.82) is 0 Å². The fourth-order valence-electron chi connectivity index (χ4n) is 1.87. The molecule has 0 radical (unpaired) electrons. The van der Waals surface area contributed by atoms with E-state index < -0.39 is 0 Å². The molecule has 0 spiro atoms. The van der Waals surface area contributed by atoms with E-state index in [-0.39, 0.29) is 17.5 Å². The molecular formula is C14H22O4. The molecule has 0 aliphatic carbocycles. The van der Waals surface area contributed by atoms with Gasteiger partial charge in [0.05, 0.1) is 24.4 Å². The molecule has 1 N–H and O–H groups in total. The first-order chi connectivity index (χ1) is 8.45. The lowest BCUT2D eigenvalue weighted by atomic mass is 9.94. The molecule has 0 aliphatic heterocycles. The third kappa shape index (κ3) is 3.37. The van der Waals surface area contributed by atoms with Crippen molar-refractivity contribution in [2.45, 2.75) is 32.0 Å². The zero-order valence-electron chi connectivity index (χ0n) is 11.7. The van der Waals surface area contributed by atoms with Crippen LogP contribution in [0.3, 0.4) is 0 Å². The van der Waals surface area contributed by atoms with Gasteiger partial charge in [0.25, 0.3) is 0 Å². The average Bonchev–Trinajstić information content (AvgIpc) is 2.36. The molecule has 1 unspecified atom stereocenters. The Labute approximate surface area is 108 Å². The van der Waals surface area contributed by atoms with Crippen LogP contribution >= 0.6 is 0 Å². The minimum absolute atomic E-state index is 0.174. The quantitative estimate of drug-likeness (QED) is 0.848. The summed E-state index contributed by atoms with van der Waals surface area (Å²) in [5.41, 5.74) is 0.321. The molecule has 0 aliphatic rings. The maximum Gasteiger partial charge on any atom is 0.128 e. The Morgan fingerprint density at radius 2 is 1.89 bits per heavy atom. The van der Waals surface area contributed by atoms with Gasteiger partial charge in [-0.15, -0.1) is 0 Å². The highest BCUT2D eigenvalue weighted by molar-refractivity contribution is 5.45. The van der Waals surface area contributed by atoms with Crippen molar-refractivity contribution in [1.82, 2.24) is 0 Å². The summed E-state index contributed by atoms with van der Waals surface area (Å²) in [7, 11) is 4.85. The van der Waals surface area contributed by atoms with E-state index in [0.29, 0.717) is 17.7 Å². The molecular weight excluding hydrogens is 232 g/mol. The van der Waals surface area contributed by atoms with Gasteiger partial charge >= 0.3 is 0 Å². The molecule has 18 heavy (non-hydrogen) atoms. The zero-order chi connectivity index (χ0) is 13.8. The van der Waals surface area contributed by atoms with Crippen molar-refractivity contribution in [2.75, 3.05) is 21.3 Å². The standard InChI is InChI=1S/C14H22O4/c1-14(2,18-5)9-12(17-4)13-10(15)7-6-8-11(13)16-3/h6-8,12,15H,9H2,1-5H3. The van der Waals surface area contributed by atoms with E-state index in [2.05, 4.69) is 0 Å². The van der Waals surface area contributed by atoms with Crippen LogP contribution in [0.1, 0.15) is 31.9 Å². The molecule has 102 valence electrons. The van der Waals surface area contributed by atoms with Gasteiger partial charge in [-0.05, 0) is 26.0 Å². The summed E-state index contributed by atoms with van der Waals surface area (Å²) in [6.07, 6.45) is 0.338. The molecule has 0 bridgehead atoms. The lowest BCUT2D eigenvalue weighted by molar-refractivity contribution is -0.0334. The Kier molecular flexibility index (Phi) is 4.99. The monoisotopic (exact) mass is 254 g/mol. The average molecular weight is 254 g/mol. The SMILES string of the molecule is COc1cccc(O)c1C(CC(C)(C)OC)OC. The molecule has 0 fully saturated rings. The van der Waals surface area contributed by atoms with Crippen molar-refractivity contribution in [3.05, 3.63) is 23.8 Å². The number of phenols is 1. The summed E-state index contributed by atoms with van der Waals surface area (Å²) in [6, 6.07) is 5.18. The Bertz CT molecular complexity index is 387. The van der Waals surface area contributed by atoms with Crippen molar-refractivity contribution in [3.63, 3.8) is 0 Å². The van der Waals surface area contributed by atoms with E-state index in [4.69, 9.17) is 14.2 Å². The molecule has 1 aromatic carbocycles. The van der Waals surface area contributed by atoms with E-state index in [9.17, 15) is 5.11 Å². The van der Waals surface area contributed by atoms with Crippen LogP contribution in [0.5, 0.6) is 11.5 Å². The van der Waals surface area contributed by atoms with Gasteiger partial charge < -0.3 is 19.3 Å². The number of phenolic OH excluding ortho intramolecular Hbond substituents is 1. The molecule has 4 heteroatoms. The molecule has 0 heterocycles. The summed E-state index contributed by atoms with van der Waals surface area (Å²) in [6.45, 7) is 3.96. The van der Waals surface area contributed by atoms with E-state index in [1.807, 2.05) is 13.8 Å². The number of methoxy groups -OCH3 is 3. The Hall–Kier alpha value is -1.26. The van der Waals surface area contributed by atoms with Crippen LogP contribution in [0.2, 0.25) is 0 Å². The van der Waals surface area contributed by atoms with Crippen molar-refractivity contribution >= 4 is 0 Å². The summed E-state index contributed by atoms with van der Waals surface area (Å²) < 4.78 is 16.2. The molecule has 0 aromatic heterocycles. The van der Waals surface area contributed by atoms with Crippen LogP contribution in [0.25, 0.3) is 0 Å². The van der Waals surface area contributed by atoms with Gasteiger partial charge in [-0.2, -0.15) is 0 Å². The molecule has 1 rings (SSSR count). The van der Waals surface area contributed by atoms with Crippen LogP contribution in [0, 0.1) is 0 Å². The second-order valence-electron chi connectivity index (χ2n) is 4.79. The Morgan fingerprint density at radius 3 is 2.39 bits per heavy atom. The molecule has 4 nitrogen and oxygen atoms in total. The van der Waals surface area contributed by atoms with Gasteiger partial charge in [0.15, 0.2) is 0 Å². The molecule has 1 atom stereocenters. The third-order valence-corrected chi connectivity index (χ3v) is 3.10. The Balaban J connectivity index is 3.09. The fourth-order valence-corrected chi connectivity index (χ4v) is 1.87. The van der Waals surface area contributed by atoms with Gasteiger partial charge in [-0.3, -0.25) is 0 Å². The van der Waals surface area contributed by atoms with Crippen LogP contribution in [-0.4, -0.2) is 32.0 Å². The first-order valence-corrected chi connectivity index (χ1v) is 5.89. The predicted molar refractivity (Wildman–Crippen MR) is 70.1 cm³/mol. The number of ether oxygens (including phenoxy) is 3. The molecule has 0 saturated heterocycles. The minimum atomic E-state index is -0.339. The lowest BCUT2D eigenvalue weighted by Gasteiger charge is -2.29. The van der Waals surface area contributed by atoms with E-state index >= 15 is 0 Å². The highest BCUT2D eigenvalue weighted by Gasteiger charge is 2.28. The fraction of sp³-hybridized carbons (Fsp3) is 0.571. The number of aromatic hydroxyl groups is 1. The van der Waals surface area contributed by atoms with Crippen LogP contribution in [-0.2, 0) is 9.47 Å². The van der Waals surface area contributed by atoms with Crippen LogP contribution < -0.4 is 4.74 Å². The number of rotatable bonds is 6. The van der Waals surface area contributed by atoms with Crippen molar-refractivity contribution in [3.8, 4) is 11.5 Å². The van der Waals surface area contributed by atoms with Gasteiger partial charge in [0.1, 0.15) is 11.5 Å². The summed E-state index contributed by atoms with van der Waals surface area (Å²) in [5.74, 6) is 0.793. The molecule has 0 amide bonds. The summed E-state index contributed by atoms with van der Waals surface area (Å²) in [4.78, 5) is 0. The maximum atomic E-state index is 9.99. The highest BCUT2D eigenvalue weighted by atomic mass is 16.5. The Morgan fingerprint density at radius 1 is 1.22 bits per heavy atom. The molecule has 1 aromatic rings. The largest absolute Gasteiger partial charge is 0.507 e. The lowest BCUT2D eigenvalue weighted by Crippen LogP contribution is -2.26. The van der Waals surface area contributed by atoms with Crippen LogP contribution in [0.15, 0.2) is 18.2 Å². The van der Waals surface area contributed by atoms with Crippen molar-refractivity contribution in [2.24, 2.45) is 0 Å². The first kappa shape index (κ1) is 14.8. The maximum absolute atomic E-state index is 9.99. The van der Waals surface area contributed by atoms with E-state index in [0.717, 1.165) is 0 Å². The third-order valence-electron chi connectivity index (χ3n) is 3.10. The number of hydrogen-bond donors (Lipinski definition) is 1.